The molecule has 0 rings (SSSR count). The van der Waals surface area contributed by atoms with Crippen molar-refractivity contribution in [3.8, 4) is 0 Å². The van der Waals surface area contributed by atoms with Gasteiger partial charge in [0.05, 0.1) is 0 Å². The van der Waals surface area contributed by atoms with Crippen LogP contribution in [0.5, 0.6) is 0 Å². The third-order valence-electron chi connectivity index (χ3n) is 9.11. The van der Waals surface area contributed by atoms with E-state index in [1.165, 1.54) is 180 Å². The summed E-state index contributed by atoms with van der Waals surface area (Å²) in [6.07, 6.45) is 41.6. The number of hydrogen-bond acceptors (Lipinski definition) is 4. The maximum atomic E-state index is 6.56. The fourth-order valence-corrected chi connectivity index (χ4v) is 8.06. The molecular formula is C40H84O4Si. The van der Waals surface area contributed by atoms with E-state index in [1.54, 1.807) is 0 Å². The summed E-state index contributed by atoms with van der Waals surface area (Å²) < 4.78 is 26.3. The first-order valence-corrected chi connectivity index (χ1v) is 22.4. The predicted molar refractivity (Wildman–Crippen MR) is 200 cm³/mol. The van der Waals surface area contributed by atoms with Crippen LogP contribution in [-0.4, -0.2) is 35.5 Å². The highest BCUT2D eigenvalue weighted by Gasteiger charge is 2.45. The Morgan fingerprint density at radius 1 is 0.222 bits per heavy atom. The van der Waals surface area contributed by atoms with Gasteiger partial charge < -0.3 is 17.7 Å². The van der Waals surface area contributed by atoms with Crippen LogP contribution in [0.3, 0.4) is 0 Å². The van der Waals surface area contributed by atoms with Crippen LogP contribution in [0.15, 0.2) is 0 Å². The van der Waals surface area contributed by atoms with E-state index in [9.17, 15) is 0 Å². The highest BCUT2D eigenvalue weighted by Crippen LogP contribution is 2.19. The molecule has 0 aliphatic heterocycles. The van der Waals surface area contributed by atoms with Crippen LogP contribution in [0, 0.1) is 0 Å². The summed E-state index contributed by atoms with van der Waals surface area (Å²) in [4.78, 5) is 0. The standard InChI is InChI=1S/C40H84O4Si/c1-5-9-13-17-21-25-29-33-37-41-45(42-38-34-30-26-22-18-14-10-6-2,43-39-35-31-27-23-19-15-11-7-3)44-40-36-32-28-24-20-16-12-8-4/h5-40H2,1-4H3. The molecule has 5 heteroatoms. The predicted octanol–water partition coefficient (Wildman–Crippen LogP) is 14.1. The normalized spacial score (nSPS) is 12.0. The summed E-state index contributed by atoms with van der Waals surface area (Å²) >= 11 is 0. The Balaban J connectivity index is 4.84. The van der Waals surface area contributed by atoms with Crippen molar-refractivity contribution in [3.05, 3.63) is 0 Å². The summed E-state index contributed by atoms with van der Waals surface area (Å²) in [5, 5.41) is 0. The van der Waals surface area contributed by atoms with E-state index in [2.05, 4.69) is 27.7 Å². The average molecular weight is 657 g/mol. The van der Waals surface area contributed by atoms with Crippen molar-refractivity contribution in [2.45, 2.75) is 233 Å². The lowest BCUT2D eigenvalue weighted by molar-refractivity contribution is -0.0375. The van der Waals surface area contributed by atoms with Gasteiger partial charge in [-0.05, 0) is 25.7 Å². The molecule has 0 aromatic heterocycles. The molecule has 0 unspecified atom stereocenters. The second-order valence-electron chi connectivity index (χ2n) is 13.8. The third kappa shape index (κ3) is 33.7. The molecule has 0 saturated heterocycles. The van der Waals surface area contributed by atoms with E-state index in [-0.39, 0.29) is 0 Å². The van der Waals surface area contributed by atoms with Crippen LogP contribution in [0.2, 0.25) is 0 Å². The Labute approximate surface area is 285 Å². The first kappa shape index (κ1) is 45.1. The molecule has 0 saturated carbocycles. The van der Waals surface area contributed by atoms with Gasteiger partial charge in [-0.25, -0.2) is 0 Å². The van der Waals surface area contributed by atoms with E-state index in [0.29, 0.717) is 26.4 Å². The lowest BCUT2D eigenvalue weighted by Crippen LogP contribution is -2.50. The van der Waals surface area contributed by atoms with Crippen molar-refractivity contribution < 1.29 is 17.7 Å². The van der Waals surface area contributed by atoms with Gasteiger partial charge in [0.2, 0.25) is 0 Å². The molecule has 272 valence electrons. The third-order valence-corrected chi connectivity index (χ3v) is 11.3. The SMILES string of the molecule is CCCCCCCCCCO[Si](OCCCCCCCCCC)(OCCCCCCCCCC)OCCCCCCCCCC. The zero-order chi connectivity index (χ0) is 32.8. The fourth-order valence-electron chi connectivity index (χ4n) is 5.98. The second kappa shape index (κ2) is 38.5. The molecule has 0 atom stereocenters. The average Bonchev–Trinajstić information content (AvgIpc) is 3.05. The van der Waals surface area contributed by atoms with Crippen molar-refractivity contribution in [1.29, 1.82) is 0 Å². The summed E-state index contributed by atoms with van der Waals surface area (Å²) in [6.45, 7) is 12.0. The molecule has 0 radical (unpaired) electrons. The molecule has 0 aromatic carbocycles. The van der Waals surface area contributed by atoms with Gasteiger partial charge >= 0.3 is 9.05 Å². The van der Waals surface area contributed by atoms with Gasteiger partial charge in [-0.1, -0.05) is 207 Å². The lowest BCUT2D eigenvalue weighted by atomic mass is 10.1. The van der Waals surface area contributed by atoms with Gasteiger partial charge in [0.15, 0.2) is 0 Å². The van der Waals surface area contributed by atoms with E-state index in [1.807, 2.05) is 0 Å². The van der Waals surface area contributed by atoms with Gasteiger partial charge in [-0.3, -0.25) is 0 Å². The monoisotopic (exact) mass is 657 g/mol. The molecule has 45 heavy (non-hydrogen) atoms. The van der Waals surface area contributed by atoms with Gasteiger partial charge in [0.25, 0.3) is 0 Å². The Hall–Kier alpha value is 0.0569. The smallest absolute Gasteiger partial charge is 0.351 e. The minimum atomic E-state index is -3.14. The van der Waals surface area contributed by atoms with E-state index in [0.717, 1.165) is 25.7 Å². The first-order valence-electron chi connectivity index (χ1n) is 20.8. The molecule has 0 fully saturated rings. The number of unbranched alkanes of at least 4 members (excludes halogenated alkanes) is 28. The fraction of sp³-hybridized carbons (Fsp3) is 1.00. The van der Waals surface area contributed by atoms with Crippen LogP contribution < -0.4 is 0 Å². The Morgan fingerprint density at radius 3 is 0.556 bits per heavy atom. The number of hydrogen-bond donors (Lipinski definition) is 0. The van der Waals surface area contributed by atoms with E-state index < -0.39 is 9.05 Å². The highest BCUT2D eigenvalue weighted by molar-refractivity contribution is 6.53. The second-order valence-corrected chi connectivity index (χ2v) is 15.9. The molecular weight excluding hydrogens is 573 g/mol. The summed E-state index contributed by atoms with van der Waals surface area (Å²) in [5.41, 5.74) is 0. The summed E-state index contributed by atoms with van der Waals surface area (Å²) in [6, 6.07) is 0. The molecule has 0 aliphatic carbocycles. The van der Waals surface area contributed by atoms with Crippen LogP contribution >= 0.6 is 0 Å². The van der Waals surface area contributed by atoms with Crippen molar-refractivity contribution in [2.75, 3.05) is 26.4 Å². The van der Waals surface area contributed by atoms with Gasteiger partial charge in [-0.15, -0.1) is 0 Å². The Kier molecular flexibility index (Phi) is 38.6. The van der Waals surface area contributed by atoms with Gasteiger partial charge in [-0.2, -0.15) is 0 Å². The van der Waals surface area contributed by atoms with E-state index in [4.69, 9.17) is 17.7 Å². The van der Waals surface area contributed by atoms with Gasteiger partial charge in [0.1, 0.15) is 0 Å². The Morgan fingerprint density at radius 2 is 0.378 bits per heavy atom. The molecule has 0 bridgehead atoms. The summed E-state index contributed by atoms with van der Waals surface area (Å²) in [7, 11) is -3.14. The molecule has 0 aromatic rings. The van der Waals surface area contributed by atoms with Crippen molar-refractivity contribution >= 4 is 9.05 Å². The molecule has 0 heterocycles. The van der Waals surface area contributed by atoms with Gasteiger partial charge in [0, 0.05) is 26.4 Å². The largest absolute Gasteiger partial charge is 0.679 e. The Bertz CT molecular complexity index is 439. The van der Waals surface area contributed by atoms with Crippen molar-refractivity contribution in [3.63, 3.8) is 0 Å². The minimum Gasteiger partial charge on any atom is -0.351 e. The maximum Gasteiger partial charge on any atom is 0.679 e. The highest BCUT2D eigenvalue weighted by atomic mass is 28.4. The molecule has 0 spiro atoms. The zero-order valence-corrected chi connectivity index (χ0v) is 32.6. The summed E-state index contributed by atoms with van der Waals surface area (Å²) in [5.74, 6) is 0. The van der Waals surface area contributed by atoms with Crippen LogP contribution in [0.25, 0.3) is 0 Å². The van der Waals surface area contributed by atoms with Crippen LogP contribution in [0.4, 0.5) is 0 Å². The molecule has 4 nitrogen and oxygen atoms in total. The minimum absolute atomic E-state index is 0.702. The topological polar surface area (TPSA) is 36.9 Å². The lowest BCUT2D eigenvalue weighted by Gasteiger charge is -2.28. The van der Waals surface area contributed by atoms with Crippen LogP contribution in [0.1, 0.15) is 233 Å². The first-order chi connectivity index (χ1) is 22.2. The van der Waals surface area contributed by atoms with Crippen molar-refractivity contribution in [2.24, 2.45) is 0 Å². The van der Waals surface area contributed by atoms with Crippen LogP contribution in [-0.2, 0) is 17.7 Å². The van der Waals surface area contributed by atoms with E-state index >= 15 is 0 Å². The quantitative estimate of drug-likeness (QED) is 0.0486. The zero-order valence-electron chi connectivity index (χ0n) is 31.6. The molecule has 0 amide bonds. The number of rotatable bonds is 40. The molecule has 0 N–H and O–H groups in total. The van der Waals surface area contributed by atoms with Crippen molar-refractivity contribution in [1.82, 2.24) is 0 Å². The molecule has 0 aliphatic rings. The maximum absolute atomic E-state index is 6.56.